The van der Waals surface area contributed by atoms with Crippen molar-refractivity contribution in [2.45, 2.75) is 6.92 Å². The fourth-order valence-corrected chi connectivity index (χ4v) is 0.759. The van der Waals surface area contributed by atoms with Gasteiger partial charge in [0.1, 0.15) is 11.5 Å². The summed E-state index contributed by atoms with van der Waals surface area (Å²) in [6.07, 6.45) is 1.08. The molecule has 0 atom stereocenters. The molecule has 0 aliphatic carbocycles. The summed E-state index contributed by atoms with van der Waals surface area (Å²) in [7, 11) is 0. The standard InChI is InChI=1S/C9H5FN2/c1-7-5-8(10)6-12-9(7)3-2-4-11/h5-6H,1H3. The van der Waals surface area contributed by atoms with Crippen LogP contribution in [0.4, 0.5) is 4.39 Å². The SMILES string of the molecule is Cc1cc(F)cnc1C#CC#N. The summed E-state index contributed by atoms with van der Waals surface area (Å²) in [6, 6.07) is 2.99. The predicted molar refractivity (Wildman–Crippen MR) is 41.4 cm³/mol. The van der Waals surface area contributed by atoms with Crippen LogP contribution in [0.5, 0.6) is 0 Å². The van der Waals surface area contributed by atoms with Crippen molar-refractivity contribution in [3.8, 4) is 17.9 Å². The van der Waals surface area contributed by atoms with Gasteiger partial charge in [-0.25, -0.2) is 9.37 Å². The predicted octanol–water partition coefficient (Wildman–Crippen LogP) is 1.40. The van der Waals surface area contributed by atoms with Crippen molar-refractivity contribution in [3.05, 3.63) is 29.3 Å². The van der Waals surface area contributed by atoms with E-state index in [0.717, 1.165) is 6.20 Å². The molecule has 0 fully saturated rings. The number of hydrogen-bond donors (Lipinski definition) is 0. The molecule has 2 nitrogen and oxygen atoms in total. The van der Waals surface area contributed by atoms with Crippen LogP contribution in [0.15, 0.2) is 12.3 Å². The van der Waals surface area contributed by atoms with E-state index < -0.39 is 5.82 Å². The molecule has 0 aromatic carbocycles. The van der Waals surface area contributed by atoms with Crippen molar-refractivity contribution in [1.82, 2.24) is 4.98 Å². The summed E-state index contributed by atoms with van der Waals surface area (Å²) in [6.45, 7) is 1.69. The molecule has 0 N–H and O–H groups in total. The third-order valence-corrected chi connectivity index (χ3v) is 1.28. The van der Waals surface area contributed by atoms with Gasteiger partial charge in [-0.2, -0.15) is 5.26 Å². The fourth-order valence-electron chi connectivity index (χ4n) is 0.759. The molecule has 0 unspecified atom stereocenters. The molecular weight excluding hydrogens is 155 g/mol. The average molecular weight is 160 g/mol. The van der Waals surface area contributed by atoms with Crippen molar-refractivity contribution in [2.24, 2.45) is 0 Å². The topological polar surface area (TPSA) is 36.7 Å². The smallest absolute Gasteiger partial charge is 0.152 e. The highest BCUT2D eigenvalue weighted by atomic mass is 19.1. The molecule has 0 spiro atoms. The van der Waals surface area contributed by atoms with E-state index in [-0.39, 0.29) is 0 Å². The van der Waals surface area contributed by atoms with Gasteiger partial charge in [0.25, 0.3) is 0 Å². The highest BCUT2D eigenvalue weighted by Crippen LogP contribution is 2.04. The number of rotatable bonds is 0. The van der Waals surface area contributed by atoms with Crippen LogP contribution < -0.4 is 0 Å². The lowest BCUT2D eigenvalue weighted by molar-refractivity contribution is 0.619. The van der Waals surface area contributed by atoms with Gasteiger partial charge in [0.2, 0.25) is 0 Å². The van der Waals surface area contributed by atoms with E-state index in [1.807, 2.05) is 0 Å². The van der Waals surface area contributed by atoms with Gasteiger partial charge in [-0.1, -0.05) is 0 Å². The molecule has 1 aromatic heterocycles. The van der Waals surface area contributed by atoms with Crippen molar-refractivity contribution in [2.75, 3.05) is 0 Å². The maximum atomic E-state index is 12.5. The summed E-state index contributed by atoms with van der Waals surface area (Å²) in [5.74, 6) is 4.30. The van der Waals surface area contributed by atoms with E-state index in [2.05, 4.69) is 16.8 Å². The Morgan fingerprint density at radius 3 is 2.92 bits per heavy atom. The van der Waals surface area contributed by atoms with Crippen LogP contribution in [0.1, 0.15) is 11.3 Å². The average Bonchev–Trinajstić information content (AvgIpc) is 2.03. The molecule has 0 aliphatic rings. The maximum Gasteiger partial charge on any atom is 0.152 e. The van der Waals surface area contributed by atoms with E-state index in [1.54, 1.807) is 13.0 Å². The number of nitrogens with zero attached hydrogens (tertiary/aromatic N) is 2. The number of pyridine rings is 1. The van der Waals surface area contributed by atoms with Crippen molar-refractivity contribution < 1.29 is 4.39 Å². The Bertz CT molecular complexity index is 393. The zero-order chi connectivity index (χ0) is 8.97. The van der Waals surface area contributed by atoms with E-state index in [4.69, 9.17) is 5.26 Å². The quantitative estimate of drug-likeness (QED) is 0.538. The second-order valence-corrected chi connectivity index (χ2v) is 2.18. The first kappa shape index (κ1) is 8.23. The van der Waals surface area contributed by atoms with Crippen molar-refractivity contribution >= 4 is 0 Å². The lowest BCUT2D eigenvalue weighted by Gasteiger charge is -1.94. The summed E-state index contributed by atoms with van der Waals surface area (Å²) in [5, 5.41) is 8.15. The Hall–Kier alpha value is -1.87. The van der Waals surface area contributed by atoms with Gasteiger partial charge in [0, 0.05) is 5.92 Å². The van der Waals surface area contributed by atoms with Gasteiger partial charge in [0.15, 0.2) is 6.07 Å². The van der Waals surface area contributed by atoms with Crippen LogP contribution in [0, 0.1) is 35.9 Å². The Kier molecular flexibility index (Phi) is 2.40. The number of nitriles is 1. The van der Waals surface area contributed by atoms with Crippen LogP contribution in [-0.2, 0) is 0 Å². The molecule has 0 aliphatic heterocycles. The highest BCUT2D eigenvalue weighted by molar-refractivity contribution is 5.37. The van der Waals surface area contributed by atoms with E-state index in [0.29, 0.717) is 11.3 Å². The number of hydrogen-bond acceptors (Lipinski definition) is 2. The van der Waals surface area contributed by atoms with Gasteiger partial charge in [-0.3, -0.25) is 0 Å². The lowest BCUT2D eigenvalue weighted by atomic mass is 10.2. The van der Waals surface area contributed by atoms with Gasteiger partial charge >= 0.3 is 0 Å². The third kappa shape index (κ3) is 1.81. The zero-order valence-corrected chi connectivity index (χ0v) is 6.43. The molecule has 0 saturated heterocycles. The van der Waals surface area contributed by atoms with Gasteiger partial charge in [-0.05, 0) is 24.5 Å². The Morgan fingerprint density at radius 1 is 1.58 bits per heavy atom. The minimum absolute atomic E-state index is 0.394. The number of halogens is 1. The first-order valence-corrected chi connectivity index (χ1v) is 3.26. The summed E-state index contributed by atoms with van der Waals surface area (Å²) in [4.78, 5) is 3.72. The second kappa shape index (κ2) is 3.50. The monoisotopic (exact) mass is 160 g/mol. The largest absolute Gasteiger partial charge is 0.244 e. The first-order valence-electron chi connectivity index (χ1n) is 3.26. The molecule has 58 valence electrons. The second-order valence-electron chi connectivity index (χ2n) is 2.18. The molecule has 0 bridgehead atoms. The zero-order valence-electron chi connectivity index (χ0n) is 6.43. The minimum atomic E-state index is -0.394. The van der Waals surface area contributed by atoms with E-state index in [1.165, 1.54) is 6.07 Å². The Balaban J connectivity index is 3.12. The lowest BCUT2D eigenvalue weighted by Crippen LogP contribution is -1.88. The highest BCUT2D eigenvalue weighted by Gasteiger charge is 1.96. The fraction of sp³-hybridized carbons (Fsp3) is 0.111. The first-order chi connectivity index (χ1) is 5.74. The summed E-state index contributed by atoms with van der Waals surface area (Å²) >= 11 is 0. The molecule has 0 amide bonds. The van der Waals surface area contributed by atoms with Crippen LogP contribution in [0.3, 0.4) is 0 Å². The van der Waals surface area contributed by atoms with E-state index >= 15 is 0 Å². The van der Waals surface area contributed by atoms with Gasteiger partial charge < -0.3 is 0 Å². The minimum Gasteiger partial charge on any atom is -0.244 e. The molecule has 0 radical (unpaired) electrons. The Labute approximate surface area is 69.7 Å². The molecular formula is C9H5FN2. The van der Waals surface area contributed by atoms with Crippen LogP contribution in [0.25, 0.3) is 0 Å². The maximum absolute atomic E-state index is 12.5. The third-order valence-electron chi connectivity index (χ3n) is 1.28. The van der Waals surface area contributed by atoms with E-state index in [9.17, 15) is 4.39 Å². The Morgan fingerprint density at radius 2 is 2.33 bits per heavy atom. The number of aryl methyl sites for hydroxylation is 1. The van der Waals surface area contributed by atoms with Crippen LogP contribution in [0.2, 0.25) is 0 Å². The number of aromatic nitrogens is 1. The molecule has 12 heavy (non-hydrogen) atoms. The van der Waals surface area contributed by atoms with Crippen molar-refractivity contribution in [1.29, 1.82) is 5.26 Å². The van der Waals surface area contributed by atoms with Gasteiger partial charge in [0.05, 0.1) is 6.20 Å². The summed E-state index contributed by atoms with van der Waals surface area (Å²) < 4.78 is 12.5. The summed E-state index contributed by atoms with van der Waals surface area (Å²) in [5.41, 5.74) is 1.08. The normalized spacial score (nSPS) is 8.08. The molecule has 0 saturated carbocycles. The molecule has 3 heteroatoms. The van der Waals surface area contributed by atoms with Crippen LogP contribution >= 0.6 is 0 Å². The molecule has 1 rings (SSSR count). The van der Waals surface area contributed by atoms with Crippen molar-refractivity contribution in [3.63, 3.8) is 0 Å². The van der Waals surface area contributed by atoms with Crippen LogP contribution in [-0.4, -0.2) is 4.98 Å². The molecule has 1 heterocycles. The van der Waals surface area contributed by atoms with Gasteiger partial charge in [-0.15, -0.1) is 0 Å². The molecule has 1 aromatic rings.